The highest BCUT2D eigenvalue weighted by atomic mass is 35.5. The number of nitrogens with one attached hydrogen (secondary N) is 3. The van der Waals surface area contributed by atoms with Crippen molar-refractivity contribution >= 4 is 101 Å². The number of nitrogens with zero attached hydrogens (tertiary/aromatic N) is 3. The topological polar surface area (TPSA) is 206 Å². The van der Waals surface area contributed by atoms with E-state index in [1.165, 1.54) is 18.2 Å². The number of para-hydroxylation sites is 2. The zero-order valence-electron chi connectivity index (χ0n) is 35.0. The monoisotopic (exact) mass is 1120 g/mol. The summed E-state index contributed by atoms with van der Waals surface area (Å²) in [5.41, 5.74) is -3.83. The number of aromatic nitrogens is 2. The van der Waals surface area contributed by atoms with Gasteiger partial charge in [-0.15, -0.1) is 0 Å². The summed E-state index contributed by atoms with van der Waals surface area (Å²) in [7, 11) is -9.20. The van der Waals surface area contributed by atoms with Crippen molar-refractivity contribution in [2.45, 2.75) is 22.1 Å². The number of carbonyl (C=O) groups is 2. The van der Waals surface area contributed by atoms with Crippen LogP contribution in [0.1, 0.15) is 32.1 Å². The van der Waals surface area contributed by atoms with E-state index in [4.69, 9.17) is 61.0 Å². The fourth-order valence-electron chi connectivity index (χ4n) is 6.24. The van der Waals surface area contributed by atoms with Crippen molar-refractivity contribution in [1.82, 2.24) is 9.97 Å². The number of fused-ring (bicyclic) bond motifs is 2. The van der Waals surface area contributed by atoms with Gasteiger partial charge in [0.05, 0.1) is 70.3 Å². The molecule has 0 spiro atoms. The molecule has 0 aliphatic carbocycles. The zero-order chi connectivity index (χ0) is 52.2. The van der Waals surface area contributed by atoms with Crippen molar-refractivity contribution in [3.05, 3.63) is 152 Å². The summed E-state index contributed by atoms with van der Waals surface area (Å²) in [6.07, 6.45) is -7.71. The number of hydrogen-bond acceptors (Lipinski definition) is 11. The maximum atomic E-state index is 14.1. The number of rotatable bonds is 8. The predicted octanol–water partition coefficient (Wildman–Crippen LogP) is 10.9. The van der Waals surface area contributed by atoms with Crippen molar-refractivity contribution < 1.29 is 76.1 Å². The molecule has 71 heavy (non-hydrogen) atoms. The number of alkyl halides is 6. The van der Waals surface area contributed by atoms with E-state index in [9.17, 15) is 61.5 Å². The Morgan fingerprint density at radius 3 is 1.65 bits per heavy atom. The fourth-order valence-corrected chi connectivity index (χ4v) is 9.18. The van der Waals surface area contributed by atoms with Crippen LogP contribution in [-0.4, -0.2) is 70.1 Å². The summed E-state index contributed by atoms with van der Waals surface area (Å²) in [6.45, 7) is 1.24. The number of amides is 1. The van der Waals surface area contributed by atoms with Gasteiger partial charge in [-0.25, -0.2) is 40.4 Å². The fraction of sp³-hybridized carbons (Fsp3) is 0.143. The maximum Gasteiger partial charge on any atom is 0.417 e. The van der Waals surface area contributed by atoms with Crippen molar-refractivity contribution in [1.29, 1.82) is 0 Å². The van der Waals surface area contributed by atoms with Crippen molar-refractivity contribution in [3.8, 4) is 11.5 Å². The molecule has 8 rings (SSSR count). The van der Waals surface area contributed by atoms with Crippen LogP contribution in [0.25, 0.3) is 0 Å². The molecule has 4 aromatic carbocycles. The maximum absolute atomic E-state index is 14.1. The first kappa shape index (κ1) is 54.0. The number of pyridine rings is 2. The summed E-state index contributed by atoms with van der Waals surface area (Å²) < 4.78 is 170. The molecule has 29 heteroatoms. The second kappa shape index (κ2) is 21.5. The number of carboxylic acid groups (broad SMARTS) is 1. The quantitative estimate of drug-likeness (QED) is 0.105. The SMILES string of the molecule is Fc1cccc2c1OCCN2.O=C(O)c1ncc(Cl)cc1NS(=O)(=O)c1ccc(Cl)c(C(F)(F)F)c1.O=C(c1ncc(Cl)cc1NS(=O)(=O)c1ccc(Cl)c(C(F)(F)F)c1)N1CCOc2c(F)cccc21. The lowest BCUT2D eigenvalue weighted by atomic mass is 10.2. The molecule has 6 aromatic rings. The van der Waals surface area contributed by atoms with E-state index in [0.717, 1.165) is 72.0 Å². The molecule has 2 aliphatic rings. The third-order valence-electron chi connectivity index (χ3n) is 9.38. The van der Waals surface area contributed by atoms with Gasteiger partial charge in [-0.05, 0) is 72.8 Å². The Balaban J connectivity index is 0.000000198. The van der Waals surface area contributed by atoms with Crippen LogP contribution in [0.3, 0.4) is 0 Å². The summed E-state index contributed by atoms with van der Waals surface area (Å²) >= 11 is 22.6. The van der Waals surface area contributed by atoms with Gasteiger partial charge in [0.2, 0.25) is 0 Å². The van der Waals surface area contributed by atoms with Crippen LogP contribution >= 0.6 is 46.4 Å². The average Bonchev–Trinajstić information content (AvgIpc) is 3.28. The smallest absolute Gasteiger partial charge is 0.417 e. The Hall–Kier alpha value is -6.38. The van der Waals surface area contributed by atoms with Crippen LogP contribution < -0.4 is 29.1 Å². The summed E-state index contributed by atoms with van der Waals surface area (Å²) in [5.74, 6) is -3.19. The zero-order valence-corrected chi connectivity index (χ0v) is 39.6. The molecule has 0 saturated carbocycles. The number of aromatic carboxylic acids is 1. The minimum Gasteiger partial charge on any atom is -0.486 e. The van der Waals surface area contributed by atoms with Crippen molar-refractivity contribution in [2.75, 3.05) is 46.0 Å². The van der Waals surface area contributed by atoms with Crippen LogP contribution in [0.5, 0.6) is 11.5 Å². The number of carboxylic acids is 1. The van der Waals surface area contributed by atoms with Gasteiger partial charge in [0.25, 0.3) is 26.0 Å². The molecule has 15 nitrogen and oxygen atoms in total. The van der Waals surface area contributed by atoms with Crippen LogP contribution in [-0.2, 0) is 32.4 Å². The first-order chi connectivity index (χ1) is 33.2. The third kappa shape index (κ3) is 12.9. The number of carbonyl (C=O) groups excluding carboxylic acids is 1. The molecule has 0 saturated heterocycles. The number of halogens is 12. The molecule has 1 amide bonds. The van der Waals surface area contributed by atoms with Crippen LogP contribution in [0.15, 0.2) is 107 Å². The largest absolute Gasteiger partial charge is 0.486 e. The summed E-state index contributed by atoms with van der Waals surface area (Å²) in [6, 6.07) is 14.8. The van der Waals surface area contributed by atoms with Crippen LogP contribution in [0.2, 0.25) is 20.1 Å². The summed E-state index contributed by atoms with van der Waals surface area (Å²) in [4.78, 5) is 31.4. The third-order valence-corrected chi connectivity index (χ3v) is 13.2. The Kier molecular flexibility index (Phi) is 16.4. The summed E-state index contributed by atoms with van der Waals surface area (Å²) in [5, 5.41) is 10.5. The van der Waals surface area contributed by atoms with Gasteiger partial charge in [0.15, 0.2) is 34.5 Å². The molecule has 376 valence electrons. The second-order valence-corrected chi connectivity index (χ2v) is 19.2. The van der Waals surface area contributed by atoms with Gasteiger partial charge in [-0.2, -0.15) is 26.3 Å². The highest BCUT2D eigenvalue weighted by molar-refractivity contribution is 7.93. The Labute approximate surface area is 416 Å². The van der Waals surface area contributed by atoms with E-state index in [0.29, 0.717) is 24.5 Å². The average molecular weight is 1120 g/mol. The minimum absolute atomic E-state index is 0.00207. The predicted molar refractivity (Wildman–Crippen MR) is 244 cm³/mol. The van der Waals surface area contributed by atoms with E-state index < -0.39 is 104 Å². The Bertz CT molecular complexity index is 3270. The van der Waals surface area contributed by atoms with E-state index in [-0.39, 0.29) is 40.5 Å². The van der Waals surface area contributed by atoms with Gasteiger partial charge in [-0.1, -0.05) is 58.5 Å². The first-order valence-electron chi connectivity index (χ1n) is 19.4. The molecular weight excluding hydrogens is 1090 g/mol. The highest BCUT2D eigenvalue weighted by Crippen LogP contribution is 2.39. The molecule has 4 heterocycles. The molecule has 2 aromatic heterocycles. The Morgan fingerprint density at radius 1 is 0.662 bits per heavy atom. The van der Waals surface area contributed by atoms with E-state index >= 15 is 0 Å². The lowest BCUT2D eigenvalue weighted by Gasteiger charge is -2.29. The van der Waals surface area contributed by atoms with Gasteiger partial charge < -0.3 is 19.9 Å². The van der Waals surface area contributed by atoms with Gasteiger partial charge in [0, 0.05) is 18.9 Å². The lowest BCUT2D eigenvalue weighted by molar-refractivity contribution is -0.138. The number of benzene rings is 4. The van der Waals surface area contributed by atoms with Gasteiger partial charge in [0.1, 0.15) is 13.2 Å². The molecule has 0 radical (unpaired) electrons. The number of ether oxygens (including phenoxy) is 2. The highest BCUT2D eigenvalue weighted by Gasteiger charge is 2.37. The standard InChI is InChI=1S/C21H13Cl2F4N3O4S.C13H7Cl2F3N2O4S.C8H8FNO/c22-11-8-16(29-35(32,33)12-4-5-14(23)13(9-12)21(25,26)27)18(28-10-11)20(31)30-6-7-34-19-15(24)2-1-3-17(19)30;14-6-3-10(11(12(21)22)19-5-6)20-25(23,24)7-1-2-9(15)8(4-7)13(16,17)18;9-6-2-1-3-7-8(6)11-5-4-10-7/h1-5,8-10,29H,6-7H2;1-5,20H,(H,21,22);1-3,10H,4-5H2. The van der Waals surface area contributed by atoms with Crippen molar-refractivity contribution in [2.24, 2.45) is 0 Å². The Morgan fingerprint density at radius 2 is 1.14 bits per heavy atom. The van der Waals surface area contributed by atoms with Crippen molar-refractivity contribution in [3.63, 3.8) is 0 Å². The van der Waals surface area contributed by atoms with Gasteiger partial charge >= 0.3 is 18.3 Å². The molecule has 0 unspecified atom stereocenters. The lowest BCUT2D eigenvalue weighted by Crippen LogP contribution is -2.39. The number of anilines is 4. The van der Waals surface area contributed by atoms with Crippen LogP contribution in [0, 0.1) is 11.6 Å². The number of hydrogen-bond donors (Lipinski definition) is 4. The second-order valence-electron chi connectivity index (χ2n) is 14.2. The molecular formula is C42H28Cl4F8N6O9S2. The van der Waals surface area contributed by atoms with Gasteiger partial charge in [-0.3, -0.25) is 19.1 Å². The molecule has 2 aliphatic heterocycles. The molecule has 4 N–H and O–H groups in total. The first-order valence-corrected chi connectivity index (χ1v) is 23.9. The molecule has 0 bridgehead atoms. The number of sulfonamides is 2. The minimum atomic E-state index is -4.90. The molecule has 0 atom stereocenters. The normalized spacial score (nSPS) is 13.3. The van der Waals surface area contributed by atoms with E-state index in [1.807, 2.05) is 4.72 Å². The van der Waals surface area contributed by atoms with E-state index in [1.54, 1.807) is 12.1 Å². The van der Waals surface area contributed by atoms with Crippen LogP contribution in [0.4, 0.5) is 57.9 Å². The molecule has 0 fully saturated rings. The van der Waals surface area contributed by atoms with E-state index in [2.05, 4.69) is 20.0 Å².